The Morgan fingerprint density at radius 1 is 1.13 bits per heavy atom. The highest BCUT2D eigenvalue weighted by atomic mass is 16.5. The second-order valence-electron chi connectivity index (χ2n) is 7.09. The fraction of sp³-hybridized carbons (Fsp3) is 0.571. The number of aryl methyl sites for hydroxylation is 1. The molecule has 1 N–H and O–H groups in total. The number of guanidine groups is 1. The Balaban J connectivity index is 1.55. The van der Waals surface area contributed by atoms with E-state index in [0.29, 0.717) is 13.2 Å². The molecule has 164 valence electrons. The van der Waals surface area contributed by atoms with Crippen molar-refractivity contribution in [2.24, 2.45) is 4.99 Å². The van der Waals surface area contributed by atoms with Crippen LogP contribution in [0.15, 0.2) is 35.6 Å². The summed E-state index contributed by atoms with van der Waals surface area (Å²) in [7, 11) is 3.40. The van der Waals surface area contributed by atoms with Crippen LogP contribution in [0.2, 0.25) is 0 Å². The van der Waals surface area contributed by atoms with E-state index in [1.54, 1.807) is 20.5 Å². The van der Waals surface area contributed by atoms with E-state index in [9.17, 15) is 0 Å². The molecule has 0 radical (unpaired) electrons. The molecule has 0 amide bonds. The first-order valence-corrected chi connectivity index (χ1v) is 10.5. The molecular weight excluding hydrogens is 382 g/mol. The van der Waals surface area contributed by atoms with E-state index in [1.165, 1.54) is 5.69 Å². The summed E-state index contributed by atoms with van der Waals surface area (Å²) in [5.74, 6) is 2.82. The highest BCUT2D eigenvalue weighted by Crippen LogP contribution is 2.20. The Hall–Kier alpha value is -2.81. The van der Waals surface area contributed by atoms with E-state index in [-0.39, 0.29) is 0 Å². The van der Waals surface area contributed by atoms with E-state index in [1.807, 2.05) is 12.1 Å². The third-order valence-corrected chi connectivity index (χ3v) is 5.22. The first-order valence-electron chi connectivity index (χ1n) is 10.5. The van der Waals surface area contributed by atoms with Crippen molar-refractivity contribution < 1.29 is 9.47 Å². The monoisotopic (exact) mass is 415 g/mol. The van der Waals surface area contributed by atoms with Gasteiger partial charge >= 0.3 is 0 Å². The van der Waals surface area contributed by atoms with Gasteiger partial charge in [-0.05, 0) is 24.3 Å². The molecule has 1 aromatic carbocycles. The van der Waals surface area contributed by atoms with Crippen LogP contribution in [0.4, 0.5) is 5.69 Å². The van der Waals surface area contributed by atoms with Gasteiger partial charge in [0.15, 0.2) is 5.96 Å². The average molecular weight is 416 g/mol. The number of aliphatic imine (C=N–C) groups is 1. The fourth-order valence-electron chi connectivity index (χ4n) is 3.51. The normalized spacial score (nSPS) is 14.8. The minimum Gasteiger partial charge on any atom is -0.497 e. The highest BCUT2D eigenvalue weighted by Gasteiger charge is 2.20. The first kappa shape index (κ1) is 21.9. The van der Waals surface area contributed by atoms with Crippen LogP contribution in [0.3, 0.4) is 0 Å². The number of anilines is 1. The summed E-state index contributed by atoms with van der Waals surface area (Å²) >= 11 is 0. The van der Waals surface area contributed by atoms with Crippen LogP contribution < -0.4 is 15.0 Å². The number of piperazine rings is 1. The Kier molecular flexibility index (Phi) is 8.31. The number of aromatic nitrogens is 3. The molecule has 1 fully saturated rings. The van der Waals surface area contributed by atoms with Crippen LogP contribution >= 0.6 is 0 Å². The smallest absolute Gasteiger partial charge is 0.194 e. The van der Waals surface area contributed by atoms with E-state index >= 15 is 0 Å². The number of hydrogen-bond donors (Lipinski definition) is 1. The Morgan fingerprint density at radius 2 is 1.90 bits per heavy atom. The Morgan fingerprint density at radius 3 is 2.57 bits per heavy atom. The van der Waals surface area contributed by atoms with Crippen molar-refractivity contribution in [1.82, 2.24) is 25.0 Å². The zero-order chi connectivity index (χ0) is 21.2. The summed E-state index contributed by atoms with van der Waals surface area (Å²) in [6, 6.07) is 8.25. The number of nitrogens with one attached hydrogen (secondary N) is 1. The van der Waals surface area contributed by atoms with Crippen molar-refractivity contribution in [3.05, 3.63) is 36.4 Å². The second kappa shape index (κ2) is 11.4. The summed E-state index contributed by atoms with van der Waals surface area (Å²) in [5, 5.41) is 11.7. The summed E-state index contributed by atoms with van der Waals surface area (Å²) in [6.45, 7) is 8.66. The number of nitrogens with zero attached hydrogens (tertiary/aromatic N) is 6. The van der Waals surface area contributed by atoms with E-state index < -0.39 is 0 Å². The van der Waals surface area contributed by atoms with Crippen LogP contribution in [0, 0.1) is 0 Å². The van der Waals surface area contributed by atoms with Gasteiger partial charge in [0, 0.05) is 58.5 Å². The molecule has 0 saturated carbocycles. The lowest BCUT2D eigenvalue weighted by atomic mass is 10.2. The predicted octanol–water partition coefficient (Wildman–Crippen LogP) is 1.26. The zero-order valence-corrected chi connectivity index (χ0v) is 18.3. The molecule has 0 spiro atoms. The molecule has 0 bridgehead atoms. The van der Waals surface area contributed by atoms with Gasteiger partial charge in [-0.3, -0.25) is 4.99 Å². The quantitative estimate of drug-likeness (QED) is 0.375. The van der Waals surface area contributed by atoms with Crippen LogP contribution in [0.1, 0.15) is 12.7 Å². The maximum Gasteiger partial charge on any atom is 0.194 e. The summed E-state index contributed by atoms with van der Waals surface area (Å²) in [5.41, 5.74) is 1.22. The topological polar surface area (TPSA) is 80.0 Å². The molecule has 9 heteroatoms. The zero-order valence-electron chi connectivity index (χ0n) is 18.3. The molecule has 1 aromatic heterocycles. The third kappa shape index (κ3) is 5.85. The Labute approximate surface area is 178 Å². The van der Waals surface area contributed by atoms with Gasteiger partial charge in [-0.2, -0.15) is 0 Å². The number of methoxy groups -OCH3 is 2. The molecular formula is C21H33N7O2. The average Bonchev–Trinajstić information content (AvgIpc) is 3.26. The molecule has 1 aliphatic rings. The maximum atomic E-state index is 5.26. The molecule has 1 saturated heterocycles. The van der Waals surface area contributed by atoms with E-state index in [2.05, 4.69) is 48.9 Å². The predicted molar refractivity (Wildman–Crippen MR) is 118 cm³/mol. The molecule has 1 aliphatic heterocycles. The van der Waals surface area contributed by atoms with Gasteiger partial charge in [0.25, 0.3) is 0 Å². The molecule has 30 heavy (non-hydrogen) atoms. The number of hydrogen-bond acceptors (Lipinski definition) is 6. The highest BCUT2D eigenvalue weighted by molar-refractivity contribution is 5.80. The van der Waals surface area contributed by atoms with Crippen LogP contribution in [-0.4, -0.2) is 85.7 Å². The second-order valence-corrected chi connectivity index (χ2v) is 7.09. The largest absolute Gasteiger partial charge is 0.497 e. The van der Waals surface area contributed by atoms with Crippen LogP contribution in [-0.2, 0) is 17.7 Å². The lowest BCUT2D eigenvalue weighted by Crippen LogP contribution is -2.53. The minimum atomic E-state index is 0.614. The van der Waals surface area contributed by atoms with Crippen molar-refractivity contribution >= 4 is 11.6 Å². The van der Waals surface area contributed by atoms with Gasteiger partial charge in [0.2, 0.25) is 0 Å². The molecule has 9 nitrogen and oxygen atoms in total. The number of ether oxygens (including phenoxy) is 2. The van der Waals surface area contributed by atoms with Crippen molar-refractivity contribution in [2.75, 3.05) is 65.0 Å². The van der Waals surface area contributed by atoms with Crippen molar-refractivity contribution in [3.63, 3.8) is 0 Å². The van der Waals surface area contributed by atoms with E-state index in [4.69, 9.17) is 14.5 Å². The van der Waals surface area contributed by atoms with E-state index in [0.717, 1.165) is 63.2 Å². The standard InChI is InChI=1S/C21H33N7O2/c1-4-20-25-24-17-28(20)11-9-22-21(23-10-16-29-2)27-14-12-26(13-15-27)18-5-7-19(30-3)8-6-18/h5-8,17H,4,9-16H2,1-3H3,(H,22,23). The molecule has 3 rings (SSSR count). The number of benzene rings is 1. The SMILES string of the molecule is CCc1nncn1CCNC(=NCCOC)N1CCN(c2ccc(OC)cc2)CC1. The summed E-state index contributed by atoms with van der Waals surface area (Å²) in [4.78, 5) is 9.47. The lowest BCUT2D eigenvalue weighted by Gasteiger charge is -2.37. The fourth-order valence-corrected chi connectivity index (χ4v) is 3.51. The van der Waals surface area contributed by atoms with Gasteiger partial charge in [-0.15, -0.1) is 10.2 Å². The van der Waals surface area contributed by atoms with Gasteiger partial charge in [0.1, 0.15) is 17.9 Å². The molecule has 2 heterocycles. The number of rotatable bonds is 9. The van der Waals surface area contributed by atoms with Crippen molar-refractivity contribution in [1.29, 1.82) is 0 Å². The summed E-state index contributed by atoms with van der Waals surface area (Å²) in [6.07, 6.45) is 2.66. The van der Waals surface area contributed by atoms with Crippen molar-refractivity contribution in [2.45, 2.75) is 19.9 Å². The Bertz CT molecular complexity index is 783. The van der Waals surface area contributed by atoms with Crippen LogP contribution in [0.5, 0.6) is 5.75 Å². The van der Waals surface area contributed by atoms with Gasteiger partial charge in [-0.1, -0.05) is 6.92 Å². The van der Waals surface area contributed by atoms with Gasteiger partial charge in [0.05, 0.1) is 20.3 Å². The van der Waals surface area contributed by atoms with Gasteiger partial charge in [-0.25, -0.2) is 0 Å². The molecule has 2 aromatic rings. The van der Waals surface area contributed by atoms with Gasteiger partial charge < -0.3 is 29.2 Å². The molecule has 0 atom stereocenters. The van der Waals surface area contributed by atoms with Crippen LogP contribution in [0.25, 0.3) is 0 Å². The molecule has 0 aliphatic carbocycles. The third-order valence-electron chi connectivity index (χ3n) is 5.22. The van der Waals surface area contributed by atoms with Crippen molar-refractivity contribution in [3.8, 4) is 5.75 Å². The maximum absolute atomic E-state index is 5.26. The first-order chi connectivity index (χ1) is 14.7. The summed E-state index contributed by atoms with van der Waals surface area (Å²) < 4.78 is 12.5. The minimum absolute atomic E-state index is 0.614. The lowest BCUT2D eigenvalue weighted by molar-refractivity contribution is 0.207. The molecule has 0 unspecified atom stereocenters.